The van der Waals surface area contributed by atoms with Crippen molar-refractivity contribution in [2.75, 3.05) is 13.7 Å². The lowest BCUT2D eigenvalue weighted by molar-refractivity contribution is 0.405. The number of methoxy groups -OCH3 is 1. The van der Waals surface area contributed by atoms with Crippen molar-refractivity contribution in [3.8, 4) is 5.75 Å². The molecule has 0 fully saturated rings. The van der Waals surface area contributed by atoms with Crippen LogP contribution in [0.25, 0.3) is 0 Å². The van der Waals surface area contributed by atoms with Crippen molar-refractivity contribution in [3.63, 3.8) is 0 Å². The van der Waals surface area contributed by atoms with Gasteiger partial charge in [0.05, 0.1) is 7.11 Å². The van der Waals surface area contributed by atoms with E-state index in [4.69, 9.17) is 4.74 Å². The SMILES string of the molecule is CCNC(Cc1cc(C)ccc1OC)c1ccc(I)cc1. The van der Waals surface area contributed by atoms with Crippen molar-refractivity contribution >= 4 is 22.6 Å². The van der Waals surface area contributed by atoms with Gasteiger partial charge in [-0.25, -0.2) is 0 Å². The Morgan fingerprint density at radius 1 is 1.14 bits per heavy atom. The first kappa shape index (κ1) is 16.3. The van der Waals surface area contributed by atoms with Gasteiger partial charge < -0.3 is 10.1 Å². The predicted octanol–water partition coefficient (Wildman–Crippen LogP) is 4.50. The molecular weight excluding hydrogens is 373 g/mol. The van der Waals surface area contributed by atoms with Crippen molar-refractivity contribution in [2.45, 2.75) is 26.3 Å². The van der Waals surface area contributed by atoms with Gasteiger partial charge in [0.25, 0.3) is 0 Å². The average Bonchev–Trinajstić information content (AvgIpc) is 2.48. The summed E-state index contributed by atoms with van der Waals surface area (Å²) in [7, 11) is 1.74. The van der Waals surface area contributed by atoms with Gasteiger partial charge in [0.1, 0.15) is 5.75 Å². The molecule has 0 aliphatic heterocycles. The third-order valence-corrected chi connectivity index (χ3v) is 4.30. The van der Waals surface area contributed by atoms with Crippen LogP contribution < -0.4 is 10.1 Å². The average molecular weight is 395 g/mol. The number of ether oxygens (including phenoxy) is 1. The highest BCUT2D eigenvalue weighted by molar-refractivity contribution is 14.1. The van der Waals surface area contributed by atoms with Crippen molar-refractivity contribution in [1.82, 2.24) is 5.32 Å². The lowest BCUT2D eigenvalue weighted by Crippen LogP contribution is -2.23. The van der Waals surface area contributed by atoms with Gasteiger partial charge in [-0.3, -0.25) is 0 Å². The Labute approximate surface area is 141 Å². The molecule has 0 bridgehead atoms. The van der Waals surface area contributed by atoms with Crippen molar-refractivity contribution in [3.05, 3.63) is 62.7 Å². The molecule has 3 heteroatoms. The van der Waals surface area contributed by atoms with E-state index in [0.29, 0.717) is 6.04 Å². The summed E-state index contributed by atoms with van der Waals surface area (Å²) in [6.45, 7) is 5.22. The maximum Gasteiger partial charge on any atom is 0.122 e. The van der Waals surface area contributed by atoms with Gasteiger partial charge >= 0.3 is 0 Å². The number of hydrogen-bond acceptors (Lipinski definition) is 2. The molecule has 0 aromatic heterocycles. The molecule has 2 aromatic carbocycles. The number of benzene rings is 2. The third-order valence-electron chi connectivity index (χ3n) is 3.58. The van der Waals surface area contributed by atoms with Gasteiger partial charge in [-0.15, -0.1) is 0 Å². The van der Waals surface area contributed by atoms with Gasteiger partial charge in [-0.1, -0.05) is 36.8 Å². The van der Waals surface area contributed by atoms with E-state index >= 15 is 0 Å². The number of hydrogen-bond donors (Lipinski definition) is 1. The molecule has 2 nitrogen and oxygen atoms in total. The monoisotopic (exact) mass is 395 g/mol. The van der Waals surface area contributed by atoms with Crippen LogP contribution in [0.4, 0.5) is 0 Å². The van der Waals surface area contributed by atoms with Crippen LogP contribution in [0, 0.1) is 10.5 Å². The molecule has 0 saturated carbocycles. The first-order valence-corrected chi connectivity index (χ1v) is 8.34. The Bertz CT molecular complexity index is 580. The van der Waals surface area contributed by atoms with Crippen LogP contribution in [0.5, 0.6) is 5.75 Å². The minimum atomic E-state index is 0.308. The number of nitrogens with one attached hydrogen (secondary N) is 1. The Morgan fingerprint density at radius 3 is 2.48 bits per heavy atom. The van der Waals surface area contributed by atoms with Crippen LogP contribution in [-0.2, 0) is 6.42 Å². The Hall–Kier alpha value is -1.07. The highest BCUT2D eigenvalue weighted by Crippen LogP contribution is 2.26. The smallest absolute Gasteiger partial charge is 0.122 e. The molecule has 112 valence electrons. The van der Waals surface area contributed by atoms with Gasteiger partial charge in [0.15, 0.2) is 0 Å². The van der Waals surface area contributed by atoms with Crippen LogP contribution in [0.15, 0.2) is 42.5 Å². The Morgan fingerprint density at radius 2 is 1.86 bits per heavy atom. The standard InChI is InChI=1S/C18H22INO/c1-4-20-17(14-6-8-16(19)9-7-14)12-15-11-13(2)5-10-18(15)21-3/h5-11,17,20H,4,12H2,1-3H3. The maximum atomic E-state index is 5.51. The number of rotatable bonds is 6. The molecule has 0 spiro atoms. The van der Waals surface area contributed by atoms with Crippen molar-refractivity contribution < 1.29 is 4.74 Å². The van der Waals surface area contributed by atoms with Gasteiger partial charge in [-0.2, -0.15) is 0 Å². The topological polar surface area (TPSA) is 21.3 Å². The van der Waals surface area contributed by atoms with E-state index in [1.54, 1.807) is 7.11 Å². The summed E-state index contributed by atoms with van der Waals surface area (Å²) in [5.74, 6) is 0.967. The summed E-state index contributed by atoms with van der Waals surface area (Å²) in [5, 5.41) is 3.58. The van der Waals surface area contributed by atoms with Gasteiger partial charge in [-0.05, 0) is 71.8 Å². The molecule has 0 heterocycles. The summed E-state index contributed by atoms with van der Waals surface area (Å²) in [5.41, 5.74) is 3.84. The second-order valence-corrected chi connectivity index (χ2v) is 6.43. The highest BCUT2D eigenvalue weighted by Gasteiger charge is 2.14. The van der Waals surface area contributed by atoms with E-state index in [9.17, 15) is 0 Å². The first-order chi connectivity index (χ1) is 10.1. The largest absolute Gasteiger partial charge is 0.496 e. The fraction of sp³-hybridized carbons (Fsp3) is 0.333. The Kier molecular flexibility index (Phi) is 6.06. The normalized spacial score (nSPS) is 12.2. The second-order valence-electron chi connectivity index (χ2n) is 5.18. The summed E-state index contributed by atoms with van der Waals surface area (Å²) in [6.07, 6.45) is 0.930. The lowest BCUT2D eigenvalue weighted by Gasteiger charge is -2.20. The fourth-order valence-electron chi connectivity index (χ4n) is 2.54. The van der Waals surface area contributed by atoms with Crippen LogP contribution in [0.1, 0.15) is 29.7 Å². The molecule has 1 N–H and O–H groups in total. The van der Waals surface area contributed by atoms with E-state index < -0.39 is 0 Å². The predicted molar refractivity (Wildman–Crippen MR) is 97.0 cm³/mol. The molecule has 2 aromatic rings. The fourth-order valence-corrected chi connectivity index (χ4v) is 2.90. The van der Waals surface area contributed by atoms with E-state index in [1.807, 2.05) is 0 Å². The van der Waals surface area contributed by atoms with Crippen LogP contribution in [-0.4, -0.2) is 13.7 Å². The van der Waals surface area contributed by atoms with Crippen LogP contribution >= 0.6 is 22.6 Å². The lowest BCUT2D eigenvalue weighted by atomic mass is 9.97. The minimum Gasteiger partial charge on any atom is -0.496 e. The summed E-state index contributed by atoms with van der Waals surface area (Å²) in [4.78, 5) is 0. The zero-order chi connectivity index (χ0) is 15.2. The molecule has 0 aliphatic carbocycles. The summed E-state index contributed by atoms with van der Waals surface area (Å²) < 4.78 is 6.77. The molecule has 0 saturated heterocycles. The van der Waals surface area contributed by atoms with E-state index in [-0.39, 0.29) is 0 Å². The second kappa shape index (κ2) is 7.80. The van der Waals surface area contributed by atoms with Crippen molar-refractivity contribution in [2.24, 2.45) is 0 Å². The van der Waals surface area contributed by atoms with E-state index in [0.717, 1.165) is 18.7 Å². The van der Waals surface area contributed by atoms with Crippen LogP contribution in [0.3, 0.4) is 0 Å². The minimum absolute atomic E-state index is 0.308. The molecule has 1 unspecified atom stereocenters. The zero-order valence-electron chi connectivity index (χ0n) is 12.8. The Balaban J connectivity index is 2.27. The molecule has 0 amide bonds. The van der Waals surface area contributed by atoms with E-state index in [2.05, 4.69) is 84.2 Å². The quantitative estimate of drug-likeness (QED) is 0.728. The zero-order valence-corrected chi connectivity index (χ0v) is 15.0. The molecule has 0 radical (unpaired) electrons. The number of likely N-dealkylation sites (N-methyl/N-ethyl adjacent to an activating group) is 1. The molecule has 21 heavy (non-hydrogen) atoms. The van der Waals surface area contributed by atoms with Gasteiger partial charge in [0, 0.05) is 9.61 Å². The highest BCUT2D eigenvalue weighted by atomic mass is 127. The summed E-state index contributed by atoms with van der Waals surface area (Å²) in [6, 6.07) is 15.4. The van der Waals surface area contributed by atoms with Crippen LogP contribution in [0.2, 0.25) is 0 Å². The molecular formula is C18H22INO. The number of halogens is 1. The van der Waals surface area contributed by atoms with E-state index in [1.165, 1.54) is 20.3 Å². The molecule has 0 aliphatic rings. The third kappa shape index (κ3) is 4.45. The van der Waals surface area contributed by atoms with Gasteiger partial charge in [0.2, 0.25) is 0 Å². The molecule has 2 rings (SSSR count). The van der Waals surface area contributed by atoms with Crippen molar-refractivity contribution in [1.29, 1.82) is 0 Å². The maximum absolute atomic E-state index is 5.51. The number of aryl methyl sites for hydroxylation is 1. The summed E-state index contributed by atoms with van der Waals surface area (Å²) >= 11 is 2.34. The molecule has 1 atom stereocenters. The first-order valence-electron chi connectivity index (χ1n) is 7.26.